The van der Waals surface area contributed by atoms with Gasteiger partial charge >= 0.3 is 0 Å². The molecule has 0 aliphatic heterocycles. The number of fused-ring (bicyclic) bond motifs is 1. The van der Waals surface area contributed by atoms with Gasteiger partial charge in [-0.3, -0.25) is 4.79 Å². The fourth-order valence-corrected chi connectivity index (χ4v) is 2.74. The second-order valence-electron chi connectivity index (χ2n) is 5.08. The highest BCUT2D eigenvalue weighted by Crippen LogP contribution is 2.44. The first-order valence-corrected chi connectivity index (χ1v) is 6.40. The SMILES string of the molecule is O=C1CCCCCCCCC[C@@H]2C[C@@H]12. The van der Waals surface area contributed by atoms with Crippen LogP contribution in [0.4, 0.5) is 0 Å². The van der Waals surface area contributed by atoms with Crippen molar-refractivity contribution >= 4 is 5.78 Å². The fraction of sp³-hybridized carbons (Fsp3) is 0.923. The number of Topliss-reactive ketones (excluding diaryl/α,β-unsaturated/α-hetero) is 1. The third-order valence-corrected chi connectivity index (χ3v) is 3.83. The molecule has 1 heteroatoms. The van der Waals surface area contributed by atoms with Crippen molar-refractivity contribution < 1.29 is 4.79 Å². The summed E-state index contributed by atoms with van der Waals surface area (Å²) in [5.74, 6) is 1.87. The van der Waals surface area contributed by atoms with E-state index in [1.54, 1.807) is 0 Å². The molecule has 0 N–H and O–H groups in total. The van der Waals surface area contributed by atoms with Crippen LogP contribution in [0, 0.1) is 11.8 Å². The Balaban J connectivity index is 1.76. The molecule has 2 aliphatic rings. The number of carbonyl (C=O) groups excluding carboxylic acids is 1. The van der Waals surface area contributed by atoms with Crippen LogP contribution >= 0.6 is 0 Å². The van der Waals surface area contributed by atoms with Gasteiger partial charge < -0.3 is 0 Å². The van der Waals surface area contributed by atoms with Crippen molar-refractivity contribution in [3.63, 3.8) is 0 Å². The molecule has 2 saturated carbocycles. The molecule has 0 unspecified atom stereocenters. The van der Waals surface area contributed by atoms with Gasteiger partial charge in [0.15, 0.2) is 0 Å². The van der Waals surface area contributed by atoms with Crippen molar-refractivity contribution in [3.05, 3.63) is 0 Å². The Morgan fingerprint density at radius 1 is 0.857 bits per heavy atom. The standard InChI is InChI=1S/C13H22O/c14-13-9-7-5-3-1-2-4-6-8-11-10-12(11)13/h11-12H,1-10H2/t11-,12-/m1/s1. The quantitative estimate of drug-likeness (QED) is 0.574. The Morgan fingerprint density at radius 2 is 1.50 bits per heavy atom. The predicted molar refractivity (Wildman–Crippen MR) is 58.2 cm³/mol. The summed E-state index contributed by atoms with van der Waals surface area (Å²) in [4.78, 5) is 11.7. The molecule has 0 heterocycles. The Labute approximate surface area is 87.3 Å². The highest BCUT2D eigenvalue weighted by molar-refractivity contribution is 5.83. The van der Waals surface area contributed by atoms with Crippen molar-refractivity contribution in [2.45, 2.75) is 64.2 Å². The molecule has 0 aromatic heterocycles. The second-order valence-corrected chi connectivity index (χ2v) is 5.08. The van der Waals surface area contributed by atoms with Crippen LogP contribution in [0.5, 0.6) is 0 Å². The number of hydrogen-bond donors (Lipinski definition) is 0. The smallest absolute Gasteiger partial charge is 0.136 e. The minimum Gasteiger partial charge on any atom is -0.299 e. The lowest BCUT2D eigenvalue weighted by atomic mass is 10.0. The summed E-state index contributed by atoms with van der Waals surface area (Å²) in [6.07, 6.45) is 12.8. The van der Waals surface area contributed by atoms with Crippen molar-refractivity contribution in [2.24, 2.45) is 11.8 Å². The maximum atomic E-state index is 11.7. The van der Waals surface area contributed by atoms with Crippen LogP contribution in [0.15, 0.2) is 0 Å². The molecule has 2 rings (SSSR count). The predicted octanol–water partition coefficient (Wildman–Crippen LogP) is 3.72. The van der Waals surface area contributed by atoms with Crippen LogP contribution < -0.4 is 0 Å². The van der Waals surface area contributed by atoms with Gasteiger partial charge in [-0.05, 0) is 25.2 Å². The molecule has 0 saturated heterocycles. The van der Waals surface area contributed by atoms with E-state index in [-0.39, 0.29) is 0 Å². The summed E-state index contributed by atoms with van der Waals surface area (Å²) in [7, 11) is 0. The molecule has 0 bridgehead atoms. The van der Waals surface area contributed by atoms with Crippen molar-refractivity contribution in [1.82, 2.24) is 0 Å². The lowest BCUT2D eigenvalue weighted by molar-refractivity contribution is -0.120. The normalized spacial score (nSPS) is 35.3. The third-order valence-electron chi connectivity index (χ3n) is 3.83. The highest BCUT2D eigenvalue weighted by Gasteiger charge is 2.41. The van der Waals surface area contributed by atoms with Gasteiger partial charge in [0, 0.05) is 12.3 Å². The Bertz CT molecular complexity index is 197. The largest absolute Gasteiger partial charge is 0.299 e. The van der Waals surface area contributed by atoms with Crippen LogP contribution in [0.1, 0.15) is 64.2 Å². The average Bonchev–Trinajstić information content (AvgIpc) is 2.92. The minimum absolute atomic E-state index is 0.495. The third kappa shape index (κ3) is 2.83. The summed E-state index contributed by atoms with van der Waals surface area (Å²) in [6, 6.07) is 0. The lowest BCUT2D eigenvalue weighted by Gasteiger charge is -2.05. The molecular formula is C13H22O. The van der Waals surface area contributed by atoms with Gasteiger partial charge in [0.05, 0.1) is 0 Å². The van der Waals surface area contributed by atoms with E-state index >= 15 is 0 Å². The number of ketones is 1. The molecule has 1 nitrogen and oxygen atoms in total. The van der Waals surface area contributed by atoms with Gasteiger partial charge in [-0.25, -0.2) is 0 Å². The first kappa shape index (κ1) is 10.2. The molecular weight excluding hydrogens is 172 g/mol. The summed E-state index contributed by atoms with van der Waals surface area (Å²) in [5, 5.41) is 0. The average molecular weight is 194 g/mol. The number of hydrogen-bond acceptors (Lipinski definition) is 1. The number of carbonyl (C=O) groups is 1. The maximum Gasteiger partial charge on any atom is 0.136 e. The second kappa shape index (κ2) is 4.95. The van der Waals surface area contributed by atoms with E-state index in [0.29, 0.717) is 11.7 Å². The van der Waals surface area contributed by atoms with Crippen LogP contribution in [-0.4, -0.2) is 5.78 Å². The van der Waals surface area contributed by atoms with E-state index in [0.717, 1.165) is 18.8 Å². The van der Waals surface area contributed by atoms with Gasteiger partial charge in [-0.2, -0.15) is 0 Å². The van der Waals surface area contributed by atoms with E-state index in [4.69, 9.17) is 0 Å². The molecule has 2 atom stereocenters. The van der Waals surface area contributed by atoms with Gasteiger partial charge in [0.2, 0.25) is 0 Å². The Morgan fingerprint density at radius 3 is 2.29 bits per heavy atom. The lowest BCUT2D eigenvalue weighted by Crippen LogP contribution is -2.03. The summed E-state index contributed by atoms with van der Waals surface area (Å²) >= 11 is 0. The van der Waals surface area contributed by atoms with E-state index in [9.17, 15) is 4.79 Å². The molecule has 0 aromatic carbocycles. The highest BCUT2D eigenvalue weighted by atomic mass is 16.1. The monoisotopic (exact) mass is 194 g/mol. The summed E-state index contributed by atoms with van der Waals surface area (Å²) in [6.45, 7) is 0. The zero-order valence-electron chi connectivity index (χ0n) is 9.13. The number of rotatable bonds is 0. The van der Waals surface area contributed by atoms with E-state index in [1.807, 2.05) is 0 Å². The van der Waals surface area contributed by atoms with E-state index in [2.05, 4.69) is 0 Å². The van der Waals surface area contributed by atoms with Gasteiger partial charge in [-0.1, -0.05) is 38.5 Å². The topological polar surface area (TPSA) is 17.1 Å². The van der Waals surface area contributed by atoms with E-state index < -0.39 is 0 Å². The first-order chi connectivity index (χ1) is 6.88. The fourth-order valence-electron chi connectivity index (χ4n) is 2.74. The van der Waals surface area contributed by atoms with Crippen molar-refractivity contribution in [2.75, 3.05) is 0 Å². The molecule has 0 radical (unpaired) electrons. The van der Waals surface area contributed by atoms with Crippen molar-refractivity contribution in [3.8, 4) is 0 Å². The zero-order chi connectivity index (χ0) is 9.80. The van der Waals surface area contributed by atoms with Gasteiger partial charge in [0.1, 0.15) is 5.78 Å². The van der Waals surface area contributed by atoms with Gasteiger partial charge in [0.25, 0.3) is 0 Å². The maximum absolute atomic E-state index is 11.7. The van der Waals surface area contributed by atoms with Gasteiger partial charge in [-0.15, -0.1) is 0 Å². The van der Waals surface area contributed by atoms with E-state index in [1.165, 1.54) is 51.4 Å². The molecule has 80 valence electrons. The molecule has 0 amide bonds. The van der Waals surface area contributed by atoms with Crippen LogP contribution in [0.25, 0.3) is 0 Å². The molecule has 0 aromatic rings. The summed E-state index contributed by atoms with van der Waals surface area (Å²) < 4.78 is 0. The Kier molecular flexibility index (Phi) is 3.61. The molecule has 2 aliphatic carbocycles. The first-order valence-electron chi connectivity index (χ1n) is 6.40. The zero-order valence-corrected chi connectivity index (χ0v) is 9.13. The van der Waals surface area contributed by atoms with Crippen molar-refractivity contribution in [1.29, 1.82) is 0 Å². The van der Waals surface area contributed by atoms with Crippen LogP contribution in [-0.2, 0) is 4.79 Å². The Hall–Kier alpha value is -0.330. The molecule has 2 fully saturated rings. The molecule has 14 heavy (non-hydrogen) atoms. The van der Waals surface area contributed by atoms with Crippen LogP contribution in [0.3, 0.4) is 0 Å². The molecule has 0 spiro atoms. The minimum atomic E-state index is 0.495. The van der Waals surface area contributed by atoms with Crippen LogP contribution in [0.2, 0.25) is 0 Å². The summed E-state index contributed by atoms with van der Waals surface area (Å²) in [5.41, 5.74) is 0.